The van der Waals surface area contributed by atoms with Crippen molar-refractivity contribution in [1.29, 1.82) is 5.26 Å². The molecule has 3 aliphatic heterocycles. The molecule has 3 aliphatic rings. The van der Waals surface area contributed by atoms with Crippen LogP contribution in [0.15, 0.2) is 18.6 Å². The van der Waals surface area contributed by atoms with Crippen molar-refractivity contribution in [3.8, 4) is 5.97 Å². The third-order valence-electron chi connectivity index (χ3n) is 7.79. The van der Waals surface area contributed by atoms with Crippen LogP contribution in [0.4, 0.5) is 11.9 Å². The van der Waals surface area contributed by atoms with Crippen molar-refractivity contribution < 1.29 is 19.4 Å². The van der Waals surface area contributed by atoms with Crippen molar-refractivity contribution in [3.05, 3.63) is 35.4 Å². The monoisotopic (exact) mass is 547 g/mol. The molecular weight excluding hydrogens is 513 g/mol. The molecule has 14 heteroatoms. The topological polar surface area (TPSA) is 152 Å². The van der Waals surface area contributed by atoms with Gasteiger partial charge in [0.2, 0.25) is 17.8 Å². The van der Waals surface area contributed by atoms with E-state index in [9.17, 15) is 14.9 Å². The van der Waals surface area contributed by atoms with Crippen molar-refractivity contribution in [3.63, 3.8) is 0 Å². The van der Waals surface area contributed by atoms with Gasteiger partial charge in [0.25, 0.3) is 6.71 Å². The fourth-order valence-corrected chi connectivity index (χ4v) is 5.30. The molecule has 5 heterocycles. The van der Waals surface area contributed by atoms with Crippen LogP contribution in [0.2, 0.25) is 6.32 Å². The maximum absolute atomic E-state index is 12.7. The van der Waals surface area contributed by atoms with Gasteiger partial charge in [-0.2, -0.15) is 0 Å². The second-order valence-electron chi connectivity index (χ2n) is 10.3. The third-order valence-corrected chi connectivity index (χ3v) is 7.79. The van der Waals surface area contributed by atoms with Crippen molar-refractivity contribution in [2.24, 2.45) is 0 Å². The van der Waals surface area contributed by atoms with Gasteiger partial charge >= 0.3 is 5.97 Å². The Labute approximate surface area is 233 Å². The van der Waals surface area contributed by atoms with Crippen molar-refractivity contribution in [1.82, 2.24) is 29.7 Å². The Kier molecular flexibility index (Phi) is 9.03. The van der Waals surface area contributed by atoms with Crippen molar-refractivity contribution in [2.45, 2.75) is 25.5 Å². The van der Waals surface area contributed by atoms with Gasteiger partial charge in [-0.05, 0) is 18.3 Å². The summed E-state index contributed by atoms with van der Waals surface area (Å²) in [6.45, 7) is 7.70. The number of aryl methyl sites for hydroxylation is 1. The minimum Gasteiger partial charge on any atom is -0.478 e. The summed E-state index contributed by atoms with van der Waals surface area (Å²) in [5, 5.41) is 18.2. The smallest absolute Gasteiger partial charge is 0.338 e. The van der Waals surface area contributed by atoms with E-state index in [1.165, 1.54) is 12.4 Å². The Morgan fingerprint density at radius 1 is 0.950 bits per heavy atom. The minimum absolute atomic E-state index is 0.0604. The molecule has 0 spiro atoms. The summed E-state index contributed by atoms with van der Waals surface area (Å²) in [5.74, 6) is 2.69. The highest BCUT2D eigenvalue weighted by Gasteiger charge is 2.27. The number of aromatic nitrogens is 4. The fraction of sp³-hybridized carbons (Fsp3) is 0.577. The van der Waals surface area contributed by atoms with E-state index >= 15 is 0 Å². The number of hydrogen-bond acceptors (Lipinski definition) is 11. The van der Waals surface area contributed by atoms with Gasteiger partial charge in [-0.25, -0.2) is 30.0 Å². The van der Waals surface area contributed by atoms with Gasteiger partial charge in [0.05, 0.1) is 25.2 Å². The molecule has 1 amide bonds. The van der Waals surface area contributed by atoms with Crippen LogP contribution in [0, 0.1) is 11.2 Å². The minimum atomic E-state index is -1.03. The number of hydrogen-bond donors (Lipinski definition) is 1. The summed E-state index contributed by atoms with van der Waals surface area (Å²) < 4.78 is 5.77. The zero-order valence-corrected chi connectivity index (χ0v) is 22.6. The van der Waals surface area contributed by atoms with Crippen LogP contribution in [0.25, 0.3) is 0 Å². The van der Waals surface area contributed by atoms with Crippen LogP contribution >= 0.6 is 0 Å². The number of piperazine rings is 2. The van der Waals surface area contributed by atoms with Gasteiger partial charge in [0.1, 0.15) is 0 Å². The molecule has 2 fully saturated rings. The Bertz CT molecular complexity index is 1230. The second-order valence-corrected chi connectivity index (χ2v) is 10.3. The number of fused-ring (bicyclic) bond motifs is 1. The van der Waals surface area contributed by atoms with Crippen LogP contribution in [0.1, 0.15) is 28.0 Å². The molecule has 0 aromatic carbocycles. The Morgan fingerprint density at radius 3 is 2.33 bits per heavy atom. The maximum atomic E-state index is 12.7. The first-order valence-corrected chi connectivity index (χ1v) is 13.9. The van der Waals surface area contributed by atoms with Crippen LogP contribution in [-0.2, 0) is 22.3 Å². The highest BCUT2D eigenvalue weighted by atomic mass is 16.5. The normalized spacial score (nSPS) is 17.9. The molecule has 2 saturated heterocycles. The van der Waals surface area contributed by atoms with Gasteiger partial charge in [-0.15, -0.1) is 0 Å². The number of rotatable bonds is 9. The van der Waals surface area contributed by atoms with Crippen molar-refractivity contribution >= 4 is 30.5 Å². The van der Waals surface area contributed by atoms with E-state index in [1.54, 1.807) is 0 Å². The first-order valence-electron chi connectivity index (χ1n) is 13.9. The van der Waals surface area contributed by atoms with Crippen LogP contribution in [-0.4, -0.2) is 126 Å². The number of carboxylic acid groups (broad SMARTS) is 1. The number of carbonyl (C=O) groups is 2. The molecular formula is C26H34BN9O4. The summed E-state index contributed by atoms with van der Waals surface area (Å²) in [6, 6.07) is 0. The van der Waals surface area contributed by atoms with E-state index < -0.39 is 5.97 Å². The van der Waals surface area contributed by atoms with Crippen LogP contribution in [0.3, 0.4) is 0 Å². The predicted molar refractivity (Wildman–Crippen MR) is 147 cm³/mol. The number of carbonyl (C=O) groups excluding carboxylic acids is 1. The molecule has 5 rings (SSSR count). The van der Waals surface area contributed by atoms with Gasteiger partial charge in [0, 0.05) is 89.2 Å². The highest BCUT2D eigenvalue weighted by Crippen LogP contribution is 2.22. The van der Waals surface area contributed by atoms with Gasteiger partial charge in [-0.3, -0.25) is 9.69 Å². The Balaban J connectivity index is 0.952. The maximum Gasteiger partial charge on any atom is 0.338 e. The largest absolute Gasteiger partial charge is 0.478 e. The molecule has 0 atom stereocenters. The number of amides is 1. The van der Waals surface area contributed by atoms with Crippen molar-refractivity contribution in [2.75, 3.05) is 81.9 Å². The fourth-order valence-electron chi connectivity index (χ4n) is 5.30. The molecule has 0 radical (unpaired) electrons. The molecule has 0 saturated carbocycles. The van der Waals surface area contributed by atoms with E-state index in [-0.39, 0.29) is 18.2 Å². The lowest BCUT2D eigenvalue weighted by atomic mass is 9.43. The predicted octanol–water partition coefficient (Wildman–Crippen LogP) is 0.0377. The summed E-state index contributed by atoms with van der Waals surface area (Å²) in [4.78, 5) is 49.7. The van der Waals surface area contributed by atoms with E-state index in [2.05, 4.69) is 30.7 Å². The van der Waals surface area contributed by atoms with Crippen LogP contribution < -0.4 is 9.80 Å². The summed E-state index contributed by atoms with van der Waals surface area (Å²) in [5.41, 5.74) is 2.21. The average Bonchev–Trinajstić information content (AvgIpc) is 3.00. The first-order chi connectivity index (χ1) is 19.5. The number of anilines is 2. The lowest BCUT2D eigenvalue weighted by Gasteiger charge is -2.35. The van der Waals surface area contributed by atoms with Gasteiger partial charge < -0.3 is 24.5 Å². The van der Waals surface area contributed by atoms with E-state index in [0.29, 0.717) is 57.7 Å². The summed E-state index contributed by atoms with van der Waals surface area (Å²) in [7, 11) is 0. The van der Waals surface area contributed by atoms with E-state index in [1.807, 2.05) is 16.0 Å². The molecule has 2 aromatic heterocycles. The third kappa shape index (κ3) is 6.84. The number of nitriles is 1. The number of ether oxygens (including phenoxy) is 1. The molecule has 1 N–H and O–H groups in total. The summed E-state index contributed by atoms with van der Waals surface area (Å²) >= 11 is 0. The number of nitrogens with zero attached hydrogens (tertiary/aromatic N) is 9. The molecule has 0 bridgehead atoms. The Morgan fingerprint density at radius 2 is 1.62 bits per heavy atom. The lowest BCUT2D eigenvalue weighted by Crippen LogP contribution is -2.49. The molecule has 2 aromatic rings. The quantitative estimate of drug-likeness (QED) is 0.333. The molecule has 210 valence electrons. The lowest BCUT2D eigenvalue weighted by molar-refractivity contribution is -0.132. The van der Waals surface area contributed by atoms with E-state index in [0.717, 1.165) is 63.0 Å². The number of aromatic carboxylic acids is 1. The highest BCUT2D eigenvalue weighted by molar-refractivity contribution is 6.66. The molecule has 40 heavy (non-hydrogen) atoms. The average molecular weight is 547 g/mol. The zero-order valence-electron chi connectivity index (χ0n) is 22.6. The number of carboxylic acids is 1. The SMILES string of the molecule is N#CB1CCc2nc(N3CCN(C(=O)CCOCCN4CCN(c5ncc(C(=O)O)cn5)CC4)CC3)ncc2C1. The second kappa shape index (κ2) is 13.0. The Hall–Kier alpha value is -3.83. The standard InChI is InChI=1S/C26H34BN9O4/c28-19-27-3-1-22-20(15-27)16-31-26(32-22)36-10-8-34(9-11-36)23(37)2-13-40-14-12-33-4-6-35(7-5-33)25-29-17-21(18-30-25)24(38)39/h16-18H,1-15H2,(H,38,39). The zero-order chi connectivity index (χ0) is 27.9. The van der Waals surface area contributed by atoms with Crippen LogP contribution in [0.5, 0.6) is 0 Å². The van der Waals surface area contributed by atoms with Gasteiger partial charge in [0.15, 0.2) is 0 Å². The van der Waals surface area contributed by atoms with E-state index in [4.69, 9.17) is 14.8 Å². The molecule has 0 unspecified atom stereocenters. The van der Waals surface area contributed by atoms with Gasteiger partial charge in [-0.1, -0.05) is 6.32 Å². The first kappa shape index (κ1) is 27.7. The summed E-state index contributed by atoms with van der Waals surface area (Å²) in [6.07, 6.45) is 7.30. The molecule has 13 nitrogen and oxygen atoms in total. The molecule has 0 aliphatic carbocycles.